The lowest BCUT2D eigenvalue weighted by Gasteiger charge is -2.08. The molecule has 0 unspecified atom stereocenters. The first-order chi connectivity index (χ1) is 8.86. The minimum Gasteiger partial charge on any atom is -0.466 e. The van der Waals surface area contributed by atoms with Crippen LogP contribution in [0.3, 0.4) is 0 Å². The van der Waals surface area contributed by atoms with Crippen LogP contribution in [0.25, 0.3) is 0 Å². The molecule has 7 nitrogen and oxygen atoms in total. The van der Waals surface area contributed by atoms with Crippen LogP contribution in [0.5, 0.6) is 0 Å². The molecule has 19 heavy (non-hydrogen) atoms. The Morgan fingerprint density at radius 2 is 2.26 bits per heavy atom. The molecular formula is C10H11F2N3O4. The van der Waals surface area contributed by atoms with Gasteiger partial charge in [0.2, 0.25) is 0 Å². The number of nitrogens with two attached hydrogens (primary N) is 1. The van der Waals surface area contributed by atoms with Crippen LogP contribution in [0.1, 0.15) is 24.6 Å². The van der Waals surface area contributed by atoms with Gasteiger partial charge >= 0.3 is 11.7 Å². The Morgan fingerprint density at radius 3 is 2.74 bits per heavy atom. The van der Waals surface area contributed by atoms with Crippen molar-refractivity contribution >= 4 is 17.5 Å². The number of hydrogen-bond acceptors (Lipinski definition) is 6. The molecule has 0 saturated heterocycles. The molecule has 0 aliphatic carbocycles. The van der Waals surface area contributed by atoms with E-state index in [0.29, 0.717) is 0 Å². The normalized spacial score (nSPS) is 10.5. The molecule has 2 N–H and O–H groups in total. The second-order valence-electron chi connectivity index (χ2n) is 3.48. The first-order valence-electron chi connectivity index (χ1n) is 5.24. The van der Waals surface area contributed by atoms with E-state index in [-0.39, 0.29) is 18.0 Å². The predicted octanol–water partition coefficient (Wildman–Crippen LogP) is 1.62. The number of esters is 1. The zero-order valence-electron chi connectivity index (χ0n) is 9.93. The van der Waals surface area contributed by atoms with Crippen LogP contribution in [-0.4, -0.2) is 22.5 Å². The van der Waals surface area contributed by atoms with Gasteiger partial charge in [0, 0.05) is 5.56 Å². The molecule has 9 heteroatoms. The summed E-state index contributed by atoms with van der Waals surface area (Å²) < 4.78 is 30.0. The maximum atomic E-state index is 12.7. The summed E-state index contributed by atoms with van der Waals surface area (Å²) in [5.41, 5.74) is 3.10. The summed E-state index contributed by atoms with van der Waals surface area (Å²) in [5.74, 6) is -1.09. The number of alkyl halides is 2. The van der Waals surface area contributed by atoms with E-state index in [1.165, 1.54) is 0 Å². The van der Waals surface area contributed by atoms with Crippen LogP contribution in [0.15, 0.2) is 6.07 Å². The highest BCUT2D eigenvalue weighted by Crippen LogP contribution is 2.32. The van der Waals surface area contributed by atoms with Crippen molar-refractivity contribution in [3.8, 4) is 0 Å². The summed E-state index contributed by atoms with van der Waals surface area (Å²) in [6, 6.07) is 1.01. The molecule has 0 spiro atoms. The van der Waals surface area contributed by atoms with Gasteiger partial charge in [-0.1, -0.05) is 0 Å². The standard InChI is InChI=1S/C10H11F2N3O4/c1-2-19-7(16)4-5-3-6(13)14-8(10(11)12)9(5)15(17)18/h3,10H,2,4H2,1H3,(H2,13,14). The number of nitrogen functional groups attached to an aromatic ring is 1. The molecule has 0 aromatic carbocycles. The third-order valence-corrected chi connectivity index (χ3v) is 2.15. The van der Waals surface area contributed by atoms with Crippen LogP contribution < -0.4 is 5.73 Å². The topological polar surface area (TPSA) is 108 Å². The predicted molar refractivity (Wildman–Crippen MR) is 60.6 cm³/mol. The van der Waals surface area contributed by atoms with Crippen LogP contribution in [0.4, 0.5) is 20.3 Å². The summed E-state index contributed by atoms with van der Waals surface area (Å²) in [6.45, 7) is 1.63. The minimum absolute atomic E-state index is 0.0783. The van der Waals surface area contributed by atoms with E-state index >= 15 is 0 Å². The largest absolute Gasteiger partial charge is 0.466 e. The van der Waals surface area contributed by atoms with Crippen molar-refractivity contribution in [2.45, 2.75) is 19.8 Å². The van der Waals surface area contributed by atoms with Gasteiger partial charge in [-0.2, -0.15) is 0 Å². The van der Waals surface area contributed by atoms with Crippen molar-refractivity contribution in [3.63, 3.8) is 0 Å². The molecule has 0 atom stereocenters. The van der Waals surface area contributed by atoms with Crippen LogP contribution in [0.2, 0.25) is 0 Å². The van der Waals surface area contributed by atoms with Gasteiger partial charge < -0.3 is 10.5 Å². The van der Waals surface area contributed by atoms with Crippen molar-refractivity contribution in [1.29, 1.82) is 0 Å². The molecule has 104 valence electrons. The van der Waals surface area contributed by atoms with E-state index in [9.17, 15) is 23.7 Å². The molecule has 0 radical (unpaired) electrons. The third kappa shape index (κ3) is 3.57. The first-order valence-corrected chi connectivity index (χ1v) is 5.24. The molecule has 0 bridgehead atoms. The van der Waals surface area contributed by atoms with E-state index in [2.05, 4.69) is 9.72 Å². The number of nitro groups is 1. The quantitative estimate of drug-likeness (QED) is 0.497. The van der Waals surface area contributed by atoms with Crippen molar-refractivity contribution in [3.05, 3.63) is 27.4 Å². The molecule has 0 aliphatic heterocycles. The summed E-state index contributed by atoms with van der Waals surface area (Å²) in [6.07, 6.45) is -3.68. The zero-order valence-corrected chi connectivity index (χ0v) is 9.93. The Labute approximate surface area is 106 Å². The fraction of sp³-hybridized carbons (Fsp3) is 0.400. The minimum atomic E-state index is -3.16. The van der Waals surface area contributed by atoms with E-state index < -0.39 is 35.1 Å². The summed E-state index contributed by atoms with van der Waals surface area (Å²) in [5, 5.41) is 10.8. The van der Waals surface area contributed by atoms with E-state index in [4.69, 9.17) is 5.73 Å². The van der Waals surface area contributed by atoms with Gasteiger partial charge in [-0.05, 0) is 13.0 Å². The summed E-state index contributed by atoms with van der Waals surface area (Å²) in [7, 11) is 0. The smallest absolute Gasteiger partial charge is 0.310 e. The molecule has 1 aromatic rings. The number of anilines is 1. The maximum Gasteiger partial charge on any atom is 0.310 e. The van der Waals surface area contributed by atoms with Gasteiger partial charge in [0.1, 0.15) is 5.82 Å². The number of rotatable bonds is 5. The summed E-state index contributed by atoms with van der Waals surface area (Å²) in [4.78, 5) is 24.4. The molecule has 1 aromatic heterocycles. The van der Waals surface area contributed by atoms with Crippen molar-refractivity contribution in [2.24, 2.45) is 0 Å². The molecule has 1 heterocycles. The number of aromatic nitrogens is 1. The third-order valence-electron chi connectivity index (χ3n) is 2.15. The Bertz CT molecular complexity index is 508. The van der Waals surface area contributed by atoms with Gasteiger partial charge in [0.25, 0.3) is 6.43 Å². The summed E-state index contributed by atoms with van der Waals surface area (Å²) >= 11 is 0. The van der Waals surface area contributed by atoms with E-state index in [1.54, 1.807) is 6.92 Å². The van der Waals surface area contributed by atoms with Crippen molar-refractivity contribution in [2.75, 3.05) is 12.3 Å². The number of carbonyl (C=O) groups excluding carboxylic acids is 1. The fourth-order valence-electron chi connectivity index (χ4n) is 1.50. The Hall–Kier alpha value is -2.32. The number of carbonyl (C=O) groups is 1. The Morgan fingerprint density at radius 1 is 1.63 bits per heavy atom. The highest BCUT2D eigenvalue weighted by atomic mass is 19.3. The highest BCUT2D eigenvalue weighted by Gasteiger charge is 2.29. The molecule has 0 fully saturated rings. The first kappa shape index (κ1) is 14.7. The zero-order chi connectivity index (χ0) is 14.6. The number of pyridine rings is 1. The Balaban J connectivity index is 3.28. The lowest BCUT2D eigenvalue weighted by Crippen LogP contribution is -2.12. The van der Waals surface area contributed by atoms with Crippen LogP contribution >= 0.6 is 0 Å². The maximum absolute atomic E-state index is 12.7. The molecular weight excluding hydrogens is 264 g/mol. The second-order valence-corrected chi connectivity index (χ2v) is 3.48. The second kappa shape index (κ2) is 6.03. The highest BCUT2D eigenvalue weighted by molar-refractivity contribution is 5.75. The number of hydrogen-bond donors (Lipinski definition) is 1. The van der Waals surface area contributed by atoms with Gasteiger partial charge in [-0.25, -0.2) is 13.8 Å². The van der Waals surface area contributed by atoms with Gasteiger partial charge in [0.05, 0.1) is 18.0 Å². The van der Waals surface area contributed by atoms with Gasteiger partial charge in [0.15, 0.2) is 5.69 Å². The van der Waals surface area contributed by atoms with Crippen molar-refractivity contribution < 1.29 is 23.2 Å². The average molecular weight is 275 g/mol. The Kier molecular flexibility index (Phi) is 4.67. The fourth-order valence-corrected chi connectivity index (χ4v) is 1.50. The molecule has 0 saturated carbocycles. The number of nitrogens with zero attached hydrogens (tertiary/aromatic N) is 2. The SMILES string of the molecule is CCOC(=O)Cc1cc(N)nc(C(F)F)c1[N+](=O)[O-]. The molecule has 0 aliphatic rings. The monoisotopic (exact) mass is 275 g/mol. The van der Waals surface area contributed by atoms with E-state index in [0.717, 1.165) is 6.07 Å². The van der Waals surface area contributed by atoms with Crippen LogP contribution in [-0.2, 0) is 16.0 Å². The lowest BCUT2D eigenvalue weighted by atomic mass is 10.1. The average Bonchev–Trinajstić information content (AvgIpc) is 2.27. The van der Waals surface area contributed by atoms with Crippen LogP contribution in [0, 0.1) is 10.1 Å². The van der Waals surface area contributed by atoms with Gasteiger partial charge in [-0.15, -0.1) is 0 Å². The van der Waals surface area contributed by atoms with E-state index in [1.807, 2.05) is 0 Å². The van der Waals surface area contributed by atoms with Crippen molar-refractivity contribution in [1.82, 2.24) is 4.98 Å². The van der Waals surface area contributed by atoms with Gasteiger partial charge in [-0.3, -0.25) is 14.9 Å². The number of ether oxygens (including phenoxy) is 1. The lowest BCUT2D eigenvalue weighted by molar-refractivity contribution is -0.387. The molecule has 0 amide bonds. The number of halogens is 2. The molecule has 1 rings (SSSR count).